The fourth-order valence-corrected chi connectivity index (χ4v) is 4.04. The zero-order valence-corrected chi connectivity index (χ0v) is 19.7. The summed E-state index contributed by atoms with van der Waals surface area (Å²) in [6.07, 6.45) is 0. The van der Waals surface area contributed by atoms with Crippen molar-refractivity contribution in [3.63, 3.8) is 0 Å². The molecule has 0 spiro atoms. The van der Waals surface area contributed by atoms with Crippen molar-refractivity contribution >= 4 is 77.3 Å². The maximum absolute atomic E-state index is 11.1. The van der Waals surface area contributed by atoms with Gasteiger partial charge in [0, 0.05) is 71.1 Å². The SMILES string of the molecule is O=C(Cl)OCC1c2cc(C#CSI)ccc2-c2ccc(C#CSI)cc21. The Bertz CT molecular complexity index is 915. The van der Waals surface area contributed by atoms with Crippen molar-refractivity contribution in [3.05, 3.63) is 58.7 Å². The second kappa shape index (κ2) is 9.61. The van der Waals surface area contributed by atoms with E-state index in [-0.39, 0.29) is 12.5 Å². The van der Waals surface area contributed by atoms with Crippen molar-refractivity contribution in [2.45, 2.75) is 5.92 Å². The van der Waals surface area contributed by atoms with Gasteiger partial charge < -0.3 is 4.74 Å². The Morgan fingerprint density at radius 2 is 1.50 bits per heavy atom. The monoisotopic (exact) mass is 622 g/mol. The highest BCUT2D eigenvalue weighted by molar-refractivity contribution is 14.2. The van der Waals surface area contributed by atoms with Gasteiger partial charge in [-0.15, -0.1) is 0 Å². The van der Waals surface area contributed by atoms with Gasteiger partial charge in [-0.05, 0) is 74.9 Å². The van der Waals surface area contributed by atoms with Crippen LogP contribution in [-0.2, 0) is 4.74 Å². The minimum atomic E-state index is -0.797. The summed E-state index contributed by atoms with van der Waals surface area (Å²) < 4.78 is 5.13. The highest BCUT2D eigenvalue weighted by Crippen LogP contribution is 2.45. The van der Waals surface area contributed by atoms with Gasteiger partial charge >= 0.3 is 5.43 Å². The summed E-state index contributed by atoms with van der Waals surface area (Å²) in [6, 6.07) is 12.3. The third kappa shape index (κ3) is 4.66. The number of carbonyl (C=O) groups excluding carboxylic acids is 1. The molecule has 0 bridgehead atoms. The smallest absolute Gasteiger partial charge is 0.403 e. The van der Waals surface area contributed by atoms with Crippen LogP contribution in [-0.4, -0.2) is 12.0 Å². The van der Waals surface area contributed by atoms with Gasteiger partial charge in [-0.3, -0.25) is 0 Å². The van der Waals surface area contributed by atoms with E-state index in [9.17, 15) is 4.79 Å². The fraction of sp³-hybridized carbons (Fsp3) is 0.105. The minimum Gasteiger partial charge on any atom is -0.453 e. The first-order valence-corrected chi connectivity index (χ1v) is 14.4. The van der Waals surface area contributed by atoms with E-state index in [0.717, 1.165) is 33.4 Å². The molecule has 1 aliphatic carbocycles. The summed E-state index contributed by atoms with van der Waals surface area (Å²) in [5.41, 5.74) is 5.52. The molecule has 0 aromatic heterocycles. The van der Waals surface area contributed by atoms with Gasteiger partial charge in [-0.25, -0.2) is 4.79 Å². The quantitative estimate of drug-likeness (QED) is 0.206. The van der Waals surface area contributed by atoms with E-state index in [1.54, 1.807) is 0 Å². The van der Waals surface area contributed by atoms with Gasteiger partial charge in [0.2, 0.25) is 0 Å². The van der Waals surface area contributed by atoms with Crippen LogP contribution in [0.2, 0.25) is 0 Å². The van der Waals surface area contributed by atoms with Crippen molar-refractivity contribution in [2.24, 2.45) is 0 Å². The lowest BCUT2D eigenvalue weighted by atomic mass is 9.96. The Morgan fingerprint density at radius 1 is 1.00 bits per heavy atom. The number of benzene rings is 2. The second-order valence-electron chi connectivity index (χ2n) is 5.31. The summed E-state index contributed by atoms with van der Waals surface area (Å²) in [5, 5.41) is 6.00. The van der Waals surface area contributed by atoms with Crippen molar-refractivity contribution in [1.29, 1.82) is 0 Å². The summed E-state index contributed by atoms with van der Waals surface area (Å²) in [7, 11) is 2.89. The zero-order valence-electron chi connectivity index (χ0n) is 13.0. The predicted molar refractivity (Wildman–Crippen MR) is 128 cm³/mol. The highest BCUT2D eigenvalue weighted by Gasteiger charge is 2.30. The lowest BCUT2D eigenvalue weighted by Gasteiger charge is -2.13. The largest absolute Gasteiger partial charge is 0.453 e. The van der Waals surface area contributed by atoms with Crippen molar-refractivity contribution in [2.75, 3.05) is 6.61 Å². The van der Waals surface area contributed by atoms with Crippen LogP contribution in [0.1, 0.15) is 28.2 Å². The van der Waals surface area contributed by atoms with Crippen LogP contribution >= 0.6 is 71.9 Å². The zero-order chi connectivity index (χ0) is 18.5. The standard InChI is InChI=1S/C19H9ClI2O2S2/c20-19(23)24-11-18-16-9-12(5-7-25-21)1-3-14(16)15-4-2-13(6-8-26-22)10-17(15)18/h1-4,9-10,18H,11H2. The van der Waals surface area contributed by atoms with Gasteiger partial charge in [0.15, 0.2) is 0 Å². The molecule has 0 atom stereocenters. The van der Waals surface area contributed by atoms with Gasteiger partial charge in [0.05, 0.1) is 0 Å². The average Bonchev–Trinajstić information content (AvgIpc) is 2.95. The third-order valence-electron chi connectivity index (χ3n) is 3.98. The fourth-order valence-electron chi connectivity index (χ4n) is 3.00. The molecule has 0 radical (unpaired) electrons. The number of carbonyl (C=O) groups is 1. The van der Waals surface area contributed by atoms with E-state index in [1.165, 1.54) is 17.9 Å². The lowest BCUT2D eigenvalue weighted by molar-refractivity contribution is 0.170. The molecular formula is C19H9ClI2O2S2. The molecule has 0 saturated carbocycles. The van der Waals surface area contributed by atoms with Crippen LogP contribution < -0.4 is 0 Å². The molecule has 3 rings (SSSR count). The molecule has 2 nitrogen and oxygen atoms in total. The molecule has 0 amide bonds. The number of halogens is 3. The van der Waals surface area contributed by atoms with E-state index in [1.807, 2.05) is 12.1 Å². The van der Waals surface area contributed by atoms with E-state index < -0.39 is 5.43 Å². The number of hydrogen-bond acceptors (Lipinski definition) is 4. The van der Waals surface area contributed by atoms with Crippen LogP contribution in [0.3, 0.4) is 0 Å². The first-order valence-electron chi connectivity index (χ1n) is 7.31. The average molecular weight is 623 g/mol. The van der Waals surface area contributed by atoms with E-state index in [0.29, 0.717) is 0 Å². The Balaban J connectivity index is 2.08. The molecule has 0 N–H and O–H groups in total. The maximum Gasteiger partial charge on any atom is 0.403 e. The van der Waals surface area contributed by atoms with Crippen LogP contribution in [0, 0.1) is 22.3 Å². The van der Waals surface area contributed by atoms with Crippen LogP contribution in [0.5, 0.6) is 0 Å². The molecule has 0 heterocycles. The number of ether oxygens (including phenoxy) is 1. The molecule has 0 fully saturated rings. The van der Waals surface area contributed by atoms with E-state index in [2.05, 4.69) is 89.0 Å². The summed E-state index contributed by atoms with van der Waals surface area (Å²) in [5.74, 6) is 6.16. The summed E-state index contributed by atoms with van der Waals surface area (Å²) in [4.78, 5) is 11.1. The molecule has 2 aromatic carbocycles. The molecule has 130 valence electrons. The Kier molecular flexibility index (Phi) is 7.47. The molecule has 7 heteroatoms. The van der Waals surface area contributed by atoms with Gasteiger partial charge in [0.25, 0.3) is 0 Å². The highest BCUT2D eigenvalue weighted by atomic mass is 127. The third-order valence-corrected chi connectivity index (χ3v) is 5.76. The maximum atomic E-state index is 11.1. The van der Waals surface area contributed by atoms with Gasteiger partial charge in [-0.2, -0.15) is 0 Å². The summed E-state index contributed by atoms with van der Waals surface area (Å²) >= 11 is 9.69. The van der Waals surface area contributed by atoms with Crippen LogP contribution in [0.25, 0.3) is 11.1 Å². The van der Waals surface area contributed by atoms with Gasteiger partial charge in [0.1, 0.15) is 6.61 Å². The predicted octanol–water partition coefficient (Wildman–Crippen LogP) is 6.96. The van der Waals surface area contributed by atoms with Crippen molar-refractivity contribution in [1.82, 2.24) is 0 Å². The number of fused-ring (bicyclic) bond motifs is 3. The van der Waals surface area contributed by atoms with E-state index >= 15 is 0 Å². The normalized spacial score (nSPS) is 11.5. The molecule has 0 aliphatic heterocycles. The van der Waals surface area contributed by atoms with Crippen molar-refractivity contribution < 1.29 is 9.53 Å². The Hall–Kier alpha value is -0.520. The van der Waals surface area contributed by atoms with Gasteiger partial charge in [-0.1, -0.05) is 24.0 Å². The van der Waals surface area contributed by atoms with Crippen LogP contribution in [0.15, 0.2) is 36.4 Å². The molecule has 1 aliphatic rings. The molecule has 0 saturated heterocycles. The van der Waals surface area contributed by atoms with E-state index in [4.69, 9.17) is 16.3 Å². The first-order chi connectivity index (χ1) is 12.6. The molecular weight excluding hydrogens is 614 g/mol. The first kappa shape index (κ1) is 20.2. The number of hydrogen-bond donors (Lipinski definition) is 0. The molecule has 26 heavy (non-hydrogen) atoms. The Labute approximate surface area is 189 Å². The van der Waals surface area contributed by atoms with Crippen LogP contribution in [0.4, 0.5) is 4.79 Å². The molecule has 2 aromatic rings. The summed E-state index contributed by atoms with van der Waals surface area (Å²) in [6.45, 7) is 0.193. The topological polar surface area (TPSA) is 26.3 Å². The lowest BCUT2D eigenvalue weighted by Crippen LogP contribution is -2.08. The minimum absolute atomic E-state index is 0.0780. The molecule has 0 unspecified atom stereocenters. The van der Waals surface area contributed by atoms with Crippen molar-refractivity contribution in [3.8, 4) is 33.5 Å². The number of rotatable bonds is 2. The Morgan fingerprint density at radius 3 is 1.92 bits per heavy atom. The second-order valence-corrected chi connectivity index (χ2v) is 8.98.